The van der Waals surface area contributed by atoms with Crippen LogP contribution in [-0.4, -0.2) is 26.0 Å². The summed E-state index contributed by atoms with van der Waals surface area (Å²) in [4.78, 5) is 4.05. The lowest BCUT2D eigenvalue weighted by atomic mass is 9.85. The first-order chi connectivity index (χ1) is 9.66. The number of hydrogen-bond acceptors (Lipinski definition) is 3. The number of aliphatic hydroxyl groups is 1. The molecule has 0 radical (unpaired) electrons. The minimum Gasteiger partial charge on any atom is -0.393 e. The van der Waals surface area contributed by atoms with Gasteiger partial charge in [0.25, 0.3) is 0 Å². The summed E-state index contributed by atoms with van der Waals surface area (Å²) in [5.41, 5.74) is 1.11. The van der Waals surface area contributed by atoms with Gasteiger partial charge in [-0.15, -0.1) is 0 Å². The van der Waals surface area contributed by atoms with Gasteiger partial charge in [-0.2, -0.15) is 5.10 Å². The lowest BCUT2D eigenvalue weighted by molar-refractivity contribution is 0.0835. The maximum atomic E-state index is 10.2. The Bertz CT molecular complexity index is 547. The molecule has 1 fully saturated rings. The Kier molecular flexibility index (Phi) is 3.76. The Morgan fingerprint density at radius 2 is 2.00 bits per heavy atom. The van der Waals surface area contributed by atoms with Crippen LogP contribution in [0.5, 0.6) is 0 Å². The average Bonchev–Trinajstić information content (AvgIpc) is 3.11. The Morgan fingerprint density at radius 3 is 2.50 bits per heavy atom. The molecule has 3 rings (SSSR count). The van der Waals surface area contributed by atoms with Gasteiger partial charge in [0.2, 0.25) is 0 Å². The monoisotopic (exact) mass is 291 g/mol. The maximum Gasteiger partial charge on any atom is 0.137 e. The van der Waals surface area contributed by atoms with Gasteiger partial charge in [0, 0.05) is 10.9 Å². The molecule has 1 N–H and O–H groups in total. The van der Waals surface area contributed by atoms with Crippen molar-refractivity contribution in [3.05, 3.63) is 47.5 Å². The van der Waals surface area contributed by atoms with E-state index >= 15 is 0 Å². The summed E-state index contributed by atoms with van der Waals surface area (Å²) in [6.07, 6.45) is 5.22. The normalized spacial score (nSPS) is 19.6. The molecule has 0 bridgehead atoms. The number of aromatic nitrogens is 3. The third-order valence-electron chi connectivity index (χ3n) is 4.02. The first-order valence-electron chi connectivity index (χ1n) is 6.94. The number of nitrogens with zero attached hydrogens (tertiary/aromatic N) is 3. The van der Waals surface area contributed by atoms with E-state index in [-0.39, 0.29) is 18.1 Å². The van der Waals surface area contributed by atoms with E-state index < -0.39 is 0 Å². The molecule has 1 saturated carbocycles. The predicted molar refractivity (Wildman–Crippen MR) is 77.5 cm³/mol. The van der Waals surface area contributed by atoms with Crippen molar-refractivity contribution >= 4 is 11.6 Å². The molecule has 3 atom stereocenters. The van der Waals surface area contributed by atoms with Crippen molar-refractivity contribution in [2.75, 3.05) is 0 Å². The molecule has 2 aromatic rings. The summed E-state index contributed by atoms with van der Waals surface area (Å²) in [6, 6.07) is 7.78. The number of halogens is 1. The molecule has 1 aliphatic carbocycles. The summed E-state index contributed by atoms with van der Waals surface area (Å²) in [5.74, 6) is 0.706. The predicted octanol–water partition coefficient (Wildman–Crippen LogP) is 2.93. The summed E-state index contributed by atoms with van der Waals surface area (Å²) >= 11 is 5.97. The standard InChI is InChI=1S/C15H18ClN3O/c1-10(20)14(11-2-3-11)15(19-9-17-8-18-19)12-4-6-13(16)7-5-12/h4-11,14-15,20H,2-3H2,1H3. The molecule has 3 unspecified atom stereocenters. The smallest absolute Gasteiger partial charge is 0.137 e. The molecular formula is C15H18ClN3O. The van der Waals surface area contributed by atoms with Crippen molar-refractivity contribution in [2.45, 2.75) is 31.9 Å². The van der Waals surface area contributed by atoms with Gasteiger partial charge in [0.1, 0.15) is 12.7 Å². The van der Waals surface area contributed by atoms with Gasteiger partial charge in [-0.25, -0.2) is 9.67 Å². The van der Waals surface area contributed by atoms with Crippen molar-refractivity contribution in [2.24, 2.45) is 11.8 Å². The Hall–Kier alpha value is -1.39. The zero-order chi connectivity index (χ0) is 14.1. The summed E-state index contributed by atoms with van der Waals surface area (Å²) in [7, 11) is 0. The quantitative estimate of drug-likeness (QED) is 0.921. The number of benzene rings is 1. The van der Waals surface area contributed by atoms with E-state index in [1.165, 1.54) is 19.2 Å². The van der Waals surface area contributed by atoms with Crippen LogP contribution in [0.2, 0.25) is 5.02 Å². The molecular weight excluding hydrogens is 274 g/mol. The van der Waals surface area contributed by atoms with Gasteiger partial charge in [0.15, 0.2) is 0 Å². The highest BCUT2D eigenvalue weighted by molar-refractivity contribution is 6.30. The second kappa shape index (κ2) is 5.54. The zero-order valence-electron chi connectivity index (χ0n) is 11.4. The molecule has 106 valence electrons. The molecule has 4 nitrogen and oxygen atoms in total. The molecule has 0 aliphatic heterocycles. The SMILES string of the molecule is CC(O)C(C1CC1)C(c1ccc(Cl)cc1)n1cncn1. The van der Waals surface area contributed by atoms with Gasteiger partial charge >= 0.3 is 0 Å². The Morgan fingerprint density at radius 1 is 1.30 bits per heavy atom. The molecule has 0 spiro atoms. The van der Waals surface area contributed by atoms with Gasteiger partial charge < -0.3 is 5.11 Å². The lowest BCUT2D eigenvalue weighted by Gasteiger charge is -2.30. The van der Waals surface area contributed by atoms with Crippen LogP contribution in [0.15, 0.2) is 36.9 Å². The van der Waals surface area contributed by atoms with E-state index in [1.807, 2.05) is 35.9 Å². The number of hydrogen-bond donors (Lipinski definition) is 1. The van der Waals surface area contributed by atoms with E-state index in [4.69, 9.17) is 11.6 Å². The second-order valence-corrected chi connectivity index (χ2v) is 5.96. The number of aliphatic hydroxyl groups excluding tert-OH is 1. The zero-order valence-corrected chi connectivity index (χ0v) is 12.1. The Balaban J connectivity index is 2.01. The fourth-order valence-electron chi connectivity index (χ4n) is 2.97. The average molecular weight is 292 g/mol. The van der Waals surface area contributed by atoms with Crippen LogP contribution < -0.4 is 0 Å². The highest BCUT2D eigenvalue weighted by Crippen LogP contribution is 2.46. The van der Waals surface area contributed by atoms with Crippen molar-refractivity contribution in [3.63, 3.8) is 0 Å². The number of rotatable bonds is 5. The summed E-state index contributed by atoms with van der Waals surface area (Å²) in [6.45, 7) is 1.86. The van der Waals surface area contributed by atoms with Gasteiger partial charge in [-0.3, -0.25) is 0 Å². The molecule has 1 aromatic carbocycles. The third-order valence-corrected chi connectivity index (χ3v) is 4.27. The molecule has 20 heavy (non-hydrogen) atoms. The fraction of sp³-hybridized carbons (Fsp3) is 0.467. The van der Waals surface area contributed by atoms with Crippen molar-refractivity contribution in [3.8, 4) is 0 Å². The second-order valence-electron chi connectivity index (χ2n) is 5.53. The maximum absolute atomic E-state index is 10.2. The Labute approximate surface area is 123 Å². The van der Waals surface area contributed by atoms with Crippen molar-refractivity contribution in [1.82, 2.24) is 14.8 Å². The molecule has 1 aliphatic rings. The van der Waals surface area contributed by atoms with Crippen LogP contribution in [0.25, 0.3) is 0 Å². The van der Waals surface area contributed by atoms with Crippen LogP contribution in [-0.2, 0) is 0 Å². The molecule has 0 saturated heterocycles. The highest BCUT2D eigenvalue weighted by atomic mass is 35.5. The van der Waals surface area contributed by atoms with Crippen LogP contribution in [0.3, 0.4) is 0 Å². The van der Waals surface area contributed by atoms with Gasteiger partial charge in [0.05, 0.1) is 12.1 Å². The molecule has 0 amide bonds. The van der Waals surface area contributed by atoms with E-state index in [9.17, 15) is 5.11 Å². The molecule has 5 heteroatoms. The van der Waals surface area contributed by atoms with E-state index in [1.54, 1.807) is 6.33 Å². The minimum atomic E-state index is -0.382. The van der Waals surface area contributed by atoms with Crippen molar-refractivity contribution < 1.29 is 5.11 Å². The van der Waals surface area contributed by atoms with E-state index in [0.717, 1.165) is 5.56 Å². The highest BCUT2D eigenvalue weighted by Gasteiger charge is 2.41. The van der Waals surface area contributed by atoms with Crippen molar-refractivity contribution in [1.29, 1.82) is 0 Å². The van der Waals surface area contributed by atoms with Crippen LogP contribution in [0.1, 0.15) is 31.4 Å². The third kappa shape index (κ3) is 2.72. The lowest BCUT2D eigenvalue weighted by Crippen LogP contribution is -2.31. The van der Waals surface area contributed by atoms with Crippen LogP contribution in [0, 0.1) is 11.8 Å². The fourth-order valence-corrected chi connectivity index (χ4v) is 3.09. The molecule has 1 aromatic heterocycles. The van der Waals surface area contributed by atoms with Crippen LogP contribution in [0.4, 0.5) is 0 Å². The first-order valence-corrected chi connectivity index (χ1v) is 7.32. The van der Waals surface area contributed by atoms with E-state index in [2.05, 4.69) is 10.1 Å². The largest absolute Gasteiger partial charge is 0.393 e. The summed E-state index contributed by atoms with van der Waals surface area (Å²) < 4.78 is 1.85. The van der Waals surface area contributed by atoms with E-state index in [0.29, 0.717) is 10.9 Å². The van der Waals surface area contributed by atoms with Gasteiger partial charge in [-0.05, 0) is 43.4 Å². The summed E-state index contributed by atoms with van der Waals surface area (Å²) in [5, 5.41) is 15.2. The first kappa shape index (κ1) is 13.6. The topological polar surface area (TPSA) is 50.9 Å². The van der Waals surface area contributed by atoms with Gasteiger partial charge in [-0.1, -0.05) is 23.7 Å². The minimum absolute atomic E-state index is 0.00210. The molecule has 1 heterocycles. The van der Waals surface area contributed by atoms with Crippen LogP contribution >= 0.6 is 11.6 Å².